The molecular formula is C20H12ClF5N2O3S. The molecule has 0 heterocycles. The summed E-state index contributed by atoms with van der Waals surface area (Å²) in [5, 5.41) is 1.90. The van der Waals surface area contributed by atoms with E-state index in [-0.39, 0.29) is 16.3 Å². The van der Waals surface area contributed by atoms with Gasteiger partial charge in [0.15, 0.2) is 0 Å². The van der Waals surface area contributed by atoms with Gasteiger partial charge in [0, 0.05) is 11.6 Å². The summed E-state index contributed by atoms with van der Waals surface area (Å²) in [7, 11) is -4.45. The quantitative estimate of drug-likeness (QED) is 0.451. The van der Waals surface area contributed by atoms with Crippen molar-refractivity contribution in [1.82, 2.24) is 0 Å². The summed E-state index contributed by atoms with van der Waals surface area (Å²) in [6.45, 7) is 0. The van der Waals surface area contributed by atoms with Crippen LogP contribution in [0.15, 0.2) is 65.6 Å². The Labute approximate surface area is 183 Å². The zero-order chi connectivity index (χ0) is 23.7. The molecule has 5 nitrogen and oxygen atoms in total. The van der Waals surface area contributed by atoms with Crippen LogP contribution in [0.4, 0.5) is 33.3 Å². The third-order valence-corrected chi connectivity index (χ3v) is 5.82. The molecule has 1 amide bonds. The molecule has 0 atom stereocenters. The van der Waals surface area contributed by atoms with E-state index in [0.29, 0.717) is 18.2 Å². The number of hydrogen-bond acceptors (Lipinski definition) is 3. The molecule has 0 aromatic heterocycles. The molecule has 0 saturated heterocycles. The van der Waals surface area contributed by atoms with E-state index in [9.17, 15) is 35.2 Å². The summed E-state index contributed by atoms with van der Waals surface area (Å²) in [6, 6.07) is 9.05. The molecule has 0 radical (unpaired) electrons. The maximum Gasteiger partial charge on any atom is 0.416 e. The van der Waals surface area contributed by atoms with E-state index in [1.807, 2.05) is 4.72 Å². The molecule has 0 saturated carbocycles. The van der Waals surface area contributed by atoms with Crippen LogP contribution in [-0.4, -0.2) is 14.3 Å². The third kappa shape index (κ3) is 5.35. The van der Waals surface area contributed by atoms with Crippen molar-refractivity contribution >= 4 is 38.9 Å². The van der Waals surface area contributed by atoms with Gasteiger partial charge >= 0.3 is 6.18 Å². The third-order valence-electron chi connectivity index (χ3n) is 4.12. The molecule has 3 aromatic rings. The van der Waals surface area contributed by atoms with Gasteiger partial charge in [-0.25, -0.2) is 17.2 Å². The number of rotatable bonds is 5. The second kappa shape index (κ2) is 8.75. The molecule has 3 aromatic carbocycles. The van der Waals surface area contributed by atoms with Crippen LogP contribution in [0, 0.1) is 11.6 Å². The van der Waals surface area contributed by atoms with E-state index < -0.39 is 49.9 Å². The van der Waals surface area contributed by atoms with Crippen LogP contribution in [-0.2, 0) is 16.2 Å². The monoisotopic (exact) mass is 490 g/mol. The number of anilines is 2. The summed E-state index contributed by atoms with van der Waals surface area (Å²) in [4.78, 5) is 11.9. The van der Waals surface area contributed by atoms with Crippen molar-refractivity contribution in [3.63, 3.8) is 0 Å². The van der Waals surface area contributed by atoms with Crippen LogP contribution in [0.2, 0.25) is 5.02 Å². The largest absolute Gasteiger partial charge is 0.416 e. The number of nitrogens with one attached hydrogen (secondary N) is 2. The van der Waals surface area contributed by atoms with Gasteiger partial charge in [0.2, 0.25) is 0 Å². The standard InChI is InChI=1S/C20H12ClF5N2O3S/c21-15-6-4-12(20(24,25)26)9-18(15)28-32(30,31)14-3-1-2-11(8-14)19(29)27-17-7-5-13(22)10-16(17)23/h1-10,28H,(H,27,29). The molecule has 0 aliphatic rings. The van der Waals surface area contributed by atoms with Crippen LogP contribution in [0.1, 0.15) is 15.9 Å². The topological polar surface area (TPSA) is 75.3 Å². The van der Waals surface area contributed by atoms with Crippen molar-refractivity contribution in [3.8, 4) is 0 Å². The van der Waals surface area contributed by atoms with E-state index >= 15 is 0 Å². The molecule has 168 valence electrons. The predicted molar refractivity (Wildman–Crippen MR) is 108 cm³/mol. The molecular weight excluding hydrogens is 479 g/mol. The lowest BCUT2D eigenvalue weighted by molar-refractivity contribution is -0.137. The predicted octanol–water partition coefficient (Wildman–Crippen LogP) is 5.69. The molecule has 0 spiro atoms. The Morgan fingerprint density at radius 1 is 0.906 bits per heavy atom. The van der Waals surface area contributed by atoms with Crippen molar-refractivity contribution < 1.29 is 35.2 Å². The van der Waals surface area contributed by atoms with Crippen LogP contribution >= 0.6 is 11.6 Å². The van der Waals surface area contributed by atoms with Gasteiger partial charge in [0.05, 0.1) is 26.9 Å². The Hall–Kier alpha value is -3.18. The number of halogens is 6. The normalized spacial score (nSPS) is 11.8. The SMILES string of the molecule is O=C(Nc1ccc(F)cc1F)c1cccc(S(=O)(=O)Nc2cc(C(F)(F)F)ccc2Cl)c1. The highest BCUT2D eigenvalue weighted by Crippen LogP contribution is 2.34. The summed E-state index contributed by atoms with van der Waals surface area (Å²) in [5.74, 6) is -2.79. The van der Waals surface area contributed by atoms with Gasteiger partial charge in [-0.1, -0.05) is 17.7 Å². The zero-order valence-electron chi connectivity index (χ0n) is 15.7. The minimum atomic E-state index is -4.72. The highest BCUT2D eigenvalue weighted by Gasteiger charge is 2.31. The first-order valence-electron chi connectivity index (χ1n) is 8.63. The lowest BCUT2D eigenvalue weighted by Crippen LogP contribution is -2.17. The van der Waals surface area contributed by atoms with Gasteiger partial charge in [-0.05, 0) is 48.5 Å². The van der Waals surface area contributed by atoms with Crippen molar-refractivity contribution in [3.05, 3.63) is 88.4 Å². The number of carbonyl (C=O) groups is 1. The summed E-state index contributed by atoms with van der Waals surface area (Å²) >= 11 is 5.82. The Morgan fingerprint density at radius 2 is 1.62 bits per heavy atom. The van der Waals surface area contributed by atoms with Crippen LogP contribution in [0.3, 0.4) is 0 Å². The Balaban J connectivity index is 1.87. The molecule has 3 rings (SSSR count). The van der Waals surface area contributed by atoms with E-state index in [1.165, 1.54) is 12.1 Å². The lowest BCUT2D eigenvalue weighted by Gasteiger charge is -2.13. The second-order valence-electron chi connectivity index (χ2n) is 6.40. The highest BCUT2D eigenvalue weighted by molar-refractivity contribution is 7.92. The van der Waals surface area contributed by atoms with E-state index in [2.05, 4.69) is 5.32 Å². The van der Waals surface area contributed by atoms with Gasteiger partial charge in [-0.2, -0.15) is 13.2 Å². The first kappa shape index (κ1) is 23.5. The molecule has 0 aliphatic carbocycles. The van der Waals surface area contributed by atoms with Gasteiger partial charge in [-0.15, -0.1) is 0 Å². The number of hydrogen-bond donors (Lipinski definition) is 2. The number of carbonyl (C=O) groups excluding carboxylic acids is 1. The van der Waals surface area contributed by atoms with Crippen LogP contribution < -0.4 is 10.0 Å². The van der Waals surface area contributed by atoms with Crippen LogP contribution in [0.25, 0.3) is 0 Å². The van der Waals surface area contributed by atoms with Gasteiger partial charge in [0.1, 0.15) is 11.6 Å². The van der Waals surface area contributed by atoms with Crippen molar-refractivity contribution in [2.24, 2.45) is 0 Å². The smallest absolute Gasteiger partial charge is 0.319 e. The van der Waals surface area contributed by atoms with Gasteiger partial charge in [-0.3, -0.25) is 9.52 Å². The fraction of sp³-hybridized carbons (Fsp3) is 0.0500. The van der Waals surface area contributed by atoms with Crippen molar-refractivity contribution in [2.75, 3.05) is 10.0 Å². The minimum absolute atomic E-state index is 0.202. The molecule has 0 aliphatic heterocycles. The van der Waals surface area contributed by atoms with Gasteiger partial charge in [0.25, 0.3) is 15.9 Å². The number of benzene rings is 3. The highest BCUT2D eigenvalue weighted by atomic mass is 35.5. The summed E-state index contributed by atoms with van der Waals surface area (Å²) < 4.78 is 92.7. The molecule has 0 bridgehead atoms. The first-order chi connectivity index (χ1) is 14.9. The van der Waals surface area contributed by atoms with Gasteiger partial charge < -0.3 is 5.32 Å². The Morgan fingerprint density at radius 3 is 2.28 bits per heavy atom. The zero-order valence-corrected chi connectivity index (χ0v) is 17.2. The Bertz CT molecular complexity index is 1300. The fourth-order valence-electron chi connectivity index (χ4n) is 2.57. The first-order valence-corrected chi connectivity index (χ1v) is 10.5. The number of amides is 1. The lowest BCUT2D eigenvalue weighted by atomic mass is 10.2. The van der Waals surface area contributed by atoms with E-state index in [0.717, 1.165) is 30.3 Å². The van der Waals surface area contributed by atoms with Crippen LogP contribution in [0.5, 0.6) is 0 Å². The average molecular weight is 491 g/mol. The fourth-order valence-corrected chi connectivity index (χ4v) is 3.91. The maximum absolute atomic E-state index is 13.7. The van der Waals surface area contributed by atoms with Crippen molar-refractivity contribution in [1.29, 1.82) is 0 Å². The molecule has 2 N–H and O–H groups in total. The second-order valence-corrected chi connectivity index (χ2v) is 8.49. The summed E-state index contributed by atoms with van der Waals surface area (Å²) in [6.07, 6.45) is -4.72. The molecule has 0 fully saturated rings. The Kier molecular flexibility index (Phi) is 6.42. The minimum Gasteiger partial charge on any atom is -0.319 e. The average Bonchev–Trinajstić information content (AvgIpc) is 2.71. The molecule has 32 heavy (non-hydrogen) atoms. The maximum atomic E-state index is 13.7. The number of sulfonamides is 1. The van der Waals surface area contributed by atoms with E-state index in [4.69, 9.17) is 11.6 Å². The molecule has 0 unspecified atom stereocenters. The number of alkyl halides is 3. The molecule has 12 heteroatoms. The van der Waals surface area contributed by atoms with E-state index in [1.54, 1.807) is 0 Å². The van der Waals surface area contributed by atoms with Crippen molar-refractivity contribution in [2.45, 2.75) is 11.1 Å². The summed E-state index contributed by atoms with van der Waals surface area (Å²) in [5.41, 5.74) is -2.16.